The molecule has 2 aromatic rings. The molecule has 116 valence electrons. The summed E-state index contributed by atoms with van der Waals surface area (Å²) in [4.78, 5) is 18.0. The van der Waals surface area contributed by atoms with Gasteiger partial charge in [-0.15, -0.1) is 23.7 Å². The molecule has 0 aliphatic carbocycles. The molecule has 3 rings (SSSR count). The number of H-pyrrole nitrogens is 1. The molecule has 2 aromatic heterocycles. The van der Waals surface area contributed by atoms with Gasteiger partial charge in [0.1, 0.15) is 5.82 Å². The number of nitrogens with two attached hydrogens (primary N) is 1. The molecule has 1 atom stereocenters. The maximum Gasteiger partial charge on any atom is 0.180 e. The van der Waals surface area contributed by atoms with Gasteiger partial charge in [-0.05, 0) is 6.54 Å². The van der Waals surface area contributed by atoms with Gasteiger partial charge in [-0.25, -0.2) is 9.97 Å². The Morgan fingerprint density at radius 3 is 2.90 bits per heavy atom. The van der Waals surface area contributed by atoms with E-state index in [-0.39, 0.29) is 12.4 Å². The fraction of sp³-hybridized carbons (Fsp3) is 0.538. The van der Waals surface area contributed by atoms with Crippen LogP contribution < -0.4 is 5.73 Å². The van der Waals surface area contributed by atoms with Crippen molar-refractivity contribution in [3.63, 3.8) is 0 Å². The first-order valence-electron chi connectivity index (χ1n) is 6.92. The summed E-state index contributed by atoms with van der Waals surface area (Å²) in [5.41, 5.74) is 5.70. The van der Waals surface area contributed by atoms with Crippen molar-refractivity contribution in [3.8, 4) is 0 Å². The van der Waals surface area contributed by atoms with Crippen LogP contribution in [0.5, 0.6) is 0 Å². The van der Waals surface area contributed by atoms with Gasteiger partial charge < -0.3 is 10.7 Å². The molecule has 0 saturated carbocycles. The molecular weight excluding hydrogens is 308 g/mol. The fourth-order valence-electron chi connectivity index (χ4n) is 2.73. The van der Waals surface area contributed by atoms with Crippen LogP contribution in [0.4, 0.5) is 5.13 Å². The molecule has 1 saturated heterocycles. The summed E-state index contributed by atoms with van der Waals surface area (Å²) in [6, 6.07) is 0.342. The van der Waals surface area contributed by atoms with E-state index in [0.717, 1.165) is 38.5 Å². The third-order valence-corrected chi connectivity index (χ3v) is 4.58. The van der Waals surface area contributed by atoms with Crippen LogP contribution >= 0.6 is 23.7 Å². The van der Waals surface area contributed by atoms with Crippen LogP contribution in [0.3, 0.4) is 0 Å². The summed E-state index contributed by atoms with van der Waals surface area (Å²) in [5, 5.41) is 0.648. The SMILES string of the molecule is CCN1CCN(Cc2cnc(N)s2)CC1c1ncc[nH]1.Cl. The highest BCUT2D eigenvalue weighted by Crippen LogP contribution is 2.25. The van der Waals surface area contributed by atoms with Gasteiger partial charge >= 0.3 is 0 Å². The van der Waals surface area contributed by atoms with E-state index in [2.05, 4.69) is 31.7 Å². The summed E-state index contributed by atoms with van der Waals surface area (Å²) < 4.78 is 0. The summed E-state index contributed by atoms with van der Waals surface area (Å²) in [7, 11) is 0. The Morgan fingerprint density at radius 1 is 1.43 bits per heavy atom. The second-order valence-corrected chi connectivity index (χ2v) is 6.17. The number of hydrogen-bond donors (Lipinski definition) is 2. The van der Waals surface area contributed by atoms with Gasteiger partial charge in [0, 0.05) is 49.6 Å². The van der Waals surface area contributed by atoms with Crippen molar-refractivity contribution in [1.82, 2.24) is 24.8 Å². The van der Waals surface area contributed by atoms with E-state index in [1.165, 1.54) is 4.88 Å². The van der Waals surface area contributed by atoms with Crippen molar-refractivity contribution in [1.29, 1.82) is 0 Å². The largest absolute Gasteiger partial charge is 0.375 e. The number of halogens is 1. The van der Waals surface area contributed by atoms with Gasteiger partial charge in [0.15, 0.2) is 5.13 Å². The smallest absolute Gasteiger partial charge is 0.180 e. The maximum absolute atomic E-state index is 5.70. The predicted molar refractivity (Wildman–Crippen MR) is 87.6 cm³/mol. The summed E-state index contributed by atoms with van der Waals surface area (Å²) in [5.74, 6) is 1.06. The topological polar surface area (TPSA) is 74.1 Å². The molecule has 0 bridgehead atoms. The number of imidazole rings is 1. The van der Waals surface area contributed by atoms with Gasteiger partial charge in [0.25, 0.3) is 0 Å². The van der Waals surface area contributed by atoms with Crippen LogP contribution in [0, 0.1) is 0 Å². The molecule has 0 radical (unpaired) electrons. The van der Waals surface area contributed by atoms with E-state index < -0.39 is 0 Å². The second-order valence-electron chi connectivity index (χ2n) is 5.02. The second kappa shape index (κ2) is 7.22. The number of piperazine rings is 1. The number of rotatable bonds is 4. The molecule has 8 heteroatoms. The molecule has 0 amide bonds. The molecule has 1 fully saturated rings. The Balaban J connectivity index is 0.00000161. The van der Waals surface area contributed by atoms with Gasteiger partial charge in [-0.3, -0.25) is 9.80 Å². The Kier molecular flexibility index (Phi) is 5.58. The first-order valence-corrected chi connectivity index (χ1v) is 7.73. The maximum atomic E-state index is 5.70. The van der Waals surface area contributed by atoms with Crippen molar-refractivity contribution in [2.45, 2.75) is 19.5 Å². The molecule has 1 aliphatic heterocycles. The van der Waals surface area contributed by atoms with E-state index in [9.17, 15) is 0 Å². The first kappa shape index (κ1) is 16.2. The lowest BCUT2D eigenvalue weighted by Crippen LogP contribution is -2.48. The number of thiazole rings is 1. The third-order valence-electron chi connectivity index (χ3n) is 3.77. The van der Waals surface area contributed by atoms with Gasteiger partial charge in [0.05, 0.1) is 6.04 Å². The van der Waals surface area contributed by atoms with Crippen molar-refractivity contribution < 1.29 is 0 Å². The van der Waals surface area contributed by atoms with Gasteiger partial charge in [-0.2, -0.15) is 0 Å². The number of aromatic amines is 1. The average Bonchev–Trinajstić information content (AvgIpc) is 3.10. The minimum atomic E-state index is 0. The number of aromatic nitrogens is 3. The molecule has 21 heavy (non-hydrogen) atoms. The molecule has 3 N–H and O–H groups in total. The summed E-state index contributed by atoms with van der Waals surface area (Å²) >= 11 is 1.57. The molecular formula is C13H21ClN6S. The number of likely N-dealkylation sites (N-methyl/N-ethyl adjacent to an activating group) is 1. The van der Waals surface area contributed by atoms with Crippen molar-refractivity contribution in [2.24, 2.45) is 0 Å². The number of anilines is 1. The van der Waals surface area contributed by atoms with Crippen LogP contribution in [-0.2, 0) is 6.54 Å². The van der Waals surface area contributed by atoms with Crippen LogP contribution in [0.1, 0.15) is 23.7 Å². The van der Waals surface area contributed by atoms with E-state index in [1.54, 1.807) is 11.3 Å². The Labute approximate surface area is 134 Å². The monoisotopic (exact) mass is 328 g/mol. The normalized spacial score (nSPS) is 20.3. The molecule has 1 aliphatic rings. The lowest BCUT2D eigenvalue weighted by Gasteiger charge is -2.39. The lowest BCUT2D eigenvalue weighted by molar-refractivity contribution is 0.0703. The van der Waals surface area contributed by atoms with Crippen molar-refractivity contribution in [3.05, 3.63) is 29.3 Å². The zero-order valence-electron chi connectivity index (χ0n) is 12.0. The van der Waals surface area contributed by atoms with Gasteiger partial charge in [-0.1, -0.05) is 6.92 Å². The predicted octanol–water partition coefficient (Wildman–Crippen LogP) is 1.75. The zero-order chi connectivity index (χ0) is 13.9. The third kappa shape index (κ3) is 3.74. The Hall–Kier alpha value is -1.15. The molecule has 1 unspecified atom stereocenters. The van der Waals surface area contributed by atoms with Crippen LogP contribution in [0.15, 0.2) is 18.6 Å². The molecule has 0 spiro atoms. The van der Waals surface area contributed by atoms with E-state index in [1.807, 2.05) is 18.6 Å². The van der Waals surface area contributed by atoms with Crippen LogP contribution in [0.2, 0.25) is 0 Å². The highest BCUT2D eigenvalue weighted by Gasteiger charge is 2.28. The molecule has 0 aromatic carbocycles. The van der Waals surface area contributed by atoms with E-state index in [0.29, 0.717) is 11.2 Å². The Bertz CT molecular complexity index is 543. The standard InChI is InChI=1S/C13H20N6S.ClH/c1-2-19-6-5-18(8-10-7-17-13(14)20-10)9-11(19)12-15-3-4-16-12;/h3-4,7,11H,2,5-6,8-9H2,1H3,(H2,14,17)(H,15,16);1H. The van der Waals surface area contributed by atoms with E-state index >= 15 is 0 Å². The summed E-state index contributed by atoms with van der Waals surface area (Å²) in [6.45, 7) is 7.30. The number of nitrogen functional groups attached to an aromatic ring is 1. The number of nitrogens with one attached hydrogen (secondary N) is 1. The zero-order valence-corrected chi connectivity index (χ0v) is 13.7. The quantitative estimate of drug-likeness (QED) is 0.894. The minimum Gasteiger partial charge on any atom is -0.375 e. The van der Waals surface area contributed by atoms with Crippen LogP contribution in [0.25, 0.3) is 0 Å². The average molecular weight is 329 g/mol. The fourth-order valence-corrected chi connectivity index (χ4v) is 3.46. The van der Waals surface area contributed by atoms with Crippen molar-refractivity contribution >= 4 is 28.9 Å². The molecule has 6 nitrogen and oxygen atoms in total. The molecule has 3 heterocycles. The Morgan fingerprint density at radius 2 is 2.29 bits per heavy atom. The minimum absolute atomic E-state index is 0. The highest BCUT2D eigenvalue weighted by atomic mass is 35.5. The lowest BCUT2D eigenvalue weighted by atomic mass is 10.1. The van der Waals surface area contributed by atoms with E-state index in [4.69, 9.17) is 5.73 Å². The first-order chi connectivity index (χ1) is 9.76. The highest BCUT2D eigenvalue weighted by molar-refractivity contribution is 7.15. The van der Waals surface area contributed by atoms with Crippen LogP contribution in [-0.4, -0.2) is 50.9 Å². The van der Waals surface area contributed by atoms with Gasteiger partial charge in [0.2, 0.25) is 0 Å². The number of hydrogen-bond acceptors (Lipinski definition) is 6. The van der Waals surface area contributed by atoms with Crippen molar-refractivity contribution in [2.75, 3.05) is 31.9 Å². The number of nitrogens with zero attached hydrogens (tertiary/aromatic N) is 4. The summed E-state index contributed by atoms with van der Waals surface area (Å²) in [6.07, 6.45) is 5.60.